The van der Waals surface area contributed by atoms with E-state index >= 15 is 0 Å². The Morgan fingerprint density at radius 2 is 2.36 bits per heavy atom. The van der Waals surface area contributed by atoms with Crippen molar-refractivity contribution in [3.05, 3.63) is 27.9 Å². The summed E-state index contributed by atoms with van der Waals surface area (Å²) < 4.78 is 0. The highest BCUT2D eigenvalue weighted by molar-refractivity contribution is 5.69. The molecule has 0 aliphatic rings. The van der Waals surface area contributed by atoms with E-state index in [1.807, 2.05) is 0 Å². The summed E-state index contributed by atoms with van der Waals surface area (Å²) in [4.78, 5) is 28.1. The van der Waals surface area contributed by atoms with Crippen molar-refractivity contribution in [3.63, 3.8) is 0 Å². The molecule has 1 aromatic heterocycles. The molecular formula is C9H12N2O3. The van der Waals surface area contributed by atoms with Crippen molar-refractivity contribution >= 4 is 5.97 Å². The van der Waals surface area contributed by atoms with E-state index in [4.69, 9.17) is 5.11 Å². The van der Waals surface area contributed by atoms with Crippen LogP contribution in [0.5, 0.6) is 0 Å². The minimum atomic E-state index is -0.883. The fourth-order valence-electron chi connectivity index (χ4n) is 1.09. The lowest BCUT2D eigenvalue weighted by atomic mass is 10.0. The van der Waals surface area contributed by atoms with Crippen molar-refractivity contribution in [1.82, 2.24) is 9.97 Å². The number of rotatable bonds is 3. The highest BCUT2D eigenvalue weighted by atomic mass is 16.4. The zero-order valence-corrected chi connectivity index (χ0v) is 8.07. The summed E-state index contributed by atoms with van der Waals surface area (Å²) in [6.07, 6.45) is 1.57. The molecule has 0 aliphatic heterocycles. The number of carboxylic acid groups (broad SMARTS) is 1. The van der Waals surface area contributed by atoms with Gasteiger partial charge in [-0.2, -0.15) is 0 Å². The molecule has 1 heterocycles. The van der Waals surface area contributed by atoms with Crippen LogP contribution < -0.4 is 5.56 Å². The zero-order valence-electron chi connectivity index (χ0n) is 8.07. The molecule has 5 heteroatoms. The van der Waals surface area contributed by atoms with Gasteiger partial charge in [0.05, 0.1) is 17.9 Å². The van der Waals surface area contributed by atoms with Crippen molar-refractivity contribution in [2.75, 3.05) is 0 Å². The maximum atomic E-state index is 11.1. The number of hydrogen-bond acceptors (Lipinski definition) is 3. The number of carboxylic acids is 1. The van der Waals surface area contributed by atoms with Crippen LogP contribution in [0.4, 0.5) is 0 Å². The van der Waals surface area contributed by atoms with E-state index in [0.717, 1.165) is 0 Å². The lowest BCUT2D eigenvalue weighted by Crippen LogP contribution is -2.18. The lowest BCUT2D eigenvalue weighted by molar-refractivity contribution is -0.141. The van der Waals surface area contributed by atoms with Gasteiger partial charge in [0.25, 0.3) is 5.56 Å². The molecule has 1 aromatic rings. The van der Waals surface area contributed by atoms with Crippen LogP contribution in [0, 0.1) is 12.8 Å². The van der Waals surface area contributed by atoms with Gasteiger partial charge in [0, 0.05) is 12.0 Å². The first-order chi connectivity index (χ1) is 6.52. The van der Waals surface area contributed by atoms with Crippen LogP contribution in [-0.2, 0) is 11.2 Å². The molecule has 0 amide bonds. The van der Waals surface area contributed by atoms with Gasteiger partial charge in [0.15, 0.2) is 0 Å². The van der Waals surface area contributed by atoms with Crippen LogP contribution >= 0.6 is 0 Å². The summed E-state index contributed by atoms with van der Waals surface area (Å²) in [5.74, 6) is -1.41. The Kier molecular flexibility index (Phi) is 3.01. The molecule has 0 saturated heterocycles. The molecule has 1 unspecified atom stereocenters. The summed E-state index contributed by atoms with van der Waals surface area (Å²) in [6, 6.07) is 0. The van der Waals surface area contributed by atoms with E-state index in [1.165, 1.54) is 6.33 Å². The van der Waals surface area contributed by atoms with Crippen molar-refractivity contribution in [1.29, 1.82) is 0 Å². The van der Waals surface area contributed by atoms with Gasteiger partial charge in [-0.3, -0.25) is 9.59 Å². The van der Waals surface area contributed by atoms with Crippen molar-refractivity contribution < 1.29 is 9.90 Å². The Morgan fingerprint density at radius 3 is 2.93 bits per heavy atom. The van der Waals surface area contributed by atoms with Gasteiger partial charge >= 0.3 is 5.97 Å². The number of carbonyl (C=O) groups is 1. The molecule has 0 saturated carbocycles. The third kappa shape index (κ3) is 2.18. The molecule has 0 bridgehead atoms. The predicted octanol–water partition coefficient (Wildman–Crippen LogP) is 0.342. The maximum Gasteiger partial charge on any atom is 0.306 e. The SMILES string of the molecule is Cc1c(CC(C)C(=O)O)nc[nH]c1=O. The minimum absolute atomic E-state index is 0.215. The first kappa shape index (κ1) is 10.4. The molecule has 0 fully saturated rings. The summed E-state index contributed by atoms with van der Waals surface area (Å²) >= 11 is 0. The lowest BCUT2D eigenvalue weighted by Gasteiger charge is -2.06. The summed E-state index contributed by atoms with van der Waals surface area (Å²) in [7, 11) is 0. The smallest absolute Gasteiger partial charge is 0.306 e. The molecule has 1 atom stereocenters. The fraction of sp³-hybridized carbons (Fsp3) is 0.444. The van der Waals surface area contributed by atoms with E-state index in [-0.39, 0.29) is 12.0 Å². The van der Waals surface area contributed by atoms with Crippen LogP contribution in [0.3, 0.4) is 0 Å². The Hall–Kier alpha value is -1.65. The van der Waals surface area contributed by atoms with Gasteiger partial charge in [0.2, 0.25) is 0 Å². The zero-order chi connectivity index (χ0) is 10.7. The number of aromatic nitrogens is 2. The van der Waals surface area contributed by atoms with Gasteiger partial charge < -0.3 is 10.1 Å². The topological polar surface area (TPSA) is 83.0 Å². The second-order valence-corrected chi connectivity index (χ2v) is 3.25. The van der Waals surface area contributed by atoms with E-state index in [0.29, 0.717) is 11.3 Å². The van der Waals surface area contributed by atoms with Gasteiger partial charge in [-0.15, -0.1) is 0 Å². The second-order valence-electron chi connectivity index (χ2n) is 3.25. The Balaban J connectivity index is 2.92. The molecule has 1 rings (SSSR count). The summed E-state index contributed by atoms with van der Waals surface area (Å²) in [5, 5.41) is 8.69. The maximum absolute atomic E-state index is 11.1. The van der Waals surface area contributed by atoms with E-state index in [9.17, 15) is 9.59 Å². The minimum Gasteiger partial charge on any atom is -0.481 e. The number of nitrogens with one attached hydrogen (secondary N) is 1. The molecular weight excluding hydrogens is 184 g/mol. The van der Waals surface area contributed by atoms with Gasteiger partial charge in [0.1, 0.15) is 0 Å². The summed E-state index contributed by atoms with van der Waals surface area (Å²) in [5.41, 5.74) is 0.817. The number of H-pyrrole nitrogens is 1. The van der Waals surface area contributed by atoms with Crippen LogP contribution in [0.1, 0.15) is 18.2 Å². The fourth-order valence-corrected chi connectivity index (χ4v) is 1.09. The standard InChI is InChI=1S/C9H12N2O3/c1-5(9(13)14)3-7-6(2)8(12)11-4-10-7/h4-5H,3H2,1-2H3,(H,13,14)(H,10,11,12). The number of hydrogen-bond donors (Lipinski definition) is 2. The van der Waals surface area contributed by atoms with Gasteiger partial charge in [-0.1, -0.05) is 6.92 Å². The van der Waals surface area contributed by atoms with Crippen LogP contribution in [0.2, 0.25) is 0 Å². The van der Waals surface area contributed by atoms with Crippen molar-refractivity contribution in [2.24, 2.45) is 5.92 Å². The van der Waals surface area contributed by atoms with Crippen LogP contribution in [0.25, 0.3) is 0 Å². The van der Waals surface area contributed by atoms with E-state index in [1.54, 1.807) is 13.8 Å². The molecule has 2 N–H and O–H groups in total. The largest absolute Gasteiger partial charge is 0.481 e. The van der Waals surface area contributed by atoms with Crippen molar-refractivity contribution in [3.8, 4) is 0 Å². The highest BCUT2D eigenvalue weighted by Crippen LogP contribution is 2.06. The average Bonchev–Trinajstić information content (AvgIpc) is 2.12. The molecule has 14 heavy (non-hydrogen) atoms. The van der Waals surface area contributed by atoms with E-state index < -0.39 is 11.9 Å². The summed E-state index contributed by atoms with van der Waals surface area (Å²) in [6.45, 7) is 3.22. The monoisotopic (exact) mass is 196 g/mol. The Morgan fingerprint density at radius 1 is 1.71 bits per heavy atom. The number of aliphatic carboxylic acids is 1. The van der Waals surface area contributed by atoms with Crippen LogP contribution in [0.15, 0.2) is 11.1 Å². The van der Waals surface area contributed by atoms with Crippen LogP contribution in [-0.4, -0.2) is 21.0 Å². The normalized spacial score (nSPS) is 12.4. The molecule has 0 aliphatic carbocycles. The first-order valence-electron chi connectivity index (χ1n) is 4.28. The molecule has 76 valence electrons. The first-order valence-corrected chi connectivity index (χ1v) is 4.28. The Bertz CT molecular complexity index is 397. The quantitative estimate of drug-likeness (QED) is 0.730. The molecule has 0 radical (unpaired) electrons. The van der Waals surface area contributed by atoms with E-state index in [2.05, 4.69) is 9.97 Å². The Labute approximate surface area is 80.8 Å². The average molecular weight is 196 g/mol. The molecule has 5 nitrogen and oxygen atoms in total. The highest BCUT2D eigenvalue weighted by Gasteiger charge is 2.14. The second kappa shape index (κ2) is 4.04. The number of nitrogens with zero attached hydrogens (tertiary/aromatic N) is 1. The van der Waals surface area contributed by atoms with Crippen molar-refractivity contribution in [2.45, 2.75) is 20.3 Å². The van der Waals surface area contributed by atoms with Gasteiger partial charge in [-0.05, 0) is 6.92 Å². The molecule has 0 spiro atoms. The third-order valence-corrected chi connectivity index (χ3v) is 2.11. The predicted molar refractivity (Wildman–Crippen MR) is 50.1 cm³/mol. The third-order valence-electron chi connectivity index (χ3n) is 2.11. The molecule has 0 aromatic carbocycles. The van der Waals surface area contributed by atoms with Gasteiger partial charge in [-0.25, -0.2) is 4.98 Å². The number of aromatic amines is 1.